The quantitative estimate of drug-likeness (QED) is 0.825. The molecule has 0 saturated carbocycles. The number of halogens is 2. The minimum atomic E-state index is -0.877. The van der Waals surface area contributed by atoms with Gasteiger partial charge >= 0.3 is 5.97 Å². The van der Waals surface area contributed by atoms with E-state index >= 15 is 0 Å². The molecule has 0 unspecified atom stereocenters. The van der Waals surface area contributed by atoms with E-state index in [0.29, 0.717) is 15.7 Å². The summed E-state index contributed by atoms with van der Waals surface area (Å²) in [4.78, 5) is 10.5. The Morgan fingerprint density at radius 1 is 1.46 bits per heavy atom. The van der Waals surface area contributed by atoms with Crippen molar-refractivity contribution in [2.75, 3.05) is 5.73 Å². The van der Waals surface area contributed by atoms with Gasteiger partial charge < -0.3 is 10.8 Å². The second-order valence-electron chi connectivity index (χ2n) is 2.54. The molecule has 1 rings (SSSR count). The first-order chi connectivity index (χ1) is 6.00. The van der Waals surface area contributed by atoms with Crippen molar-refractivity contribution in [2.45, 2.75) is 6.42 Å². The molecule has 5 heteroatoms. The van der Waals surface area contributed by atoms with Gasteiger partial charge in [-0.15, -0.1) is 0 Å². The Morgan fingerprint density at radius 3 is 2.62 bits per heavy atom. The summed E-state index contributed by atoms with van der Waals surface area (Å²) in [6.45, 7) is 0. The van der Waals surface area contributed by atoms with Crippen molar-refractivity contribution in [1.82, 2.24) is 0 Å². The van der Waals surface area contributed by atoms with E-state index in [9.17, 15) is 4.79 Å². The van der Waals surface area contributed by atoms with Crippen molar-refractivity contribution in [3.63, 3.8) is 0 Å². The predicted octanol–water partition coefficient (Wildman–Crippen LogP) is 2.42. The molecule has 0 bridgehead atoms. The fourth-order valence-corrected chi connectivity index (χ4v) is 1.85. The molecule has 1 aromatic carbocycles. The van der Waals surface area contributed by atoms with Gasteiger partial charge in [-0.3, -0.25) is 4.79 Å². The molecule has 0 fully saturated rings. The average Bonchev–Trinajstić information content (AvgIpc) is 1.98. The van der Waals surface area contributed by atoms with Gasteiger partial charge in [-0.05, 0) is 33.6 Å². The summed E-state index contributed by atoms with van der Waals surface area (Å²) < 4.78 is 1.43. The van der Waals surface area contributed by atoms with Crippen LogP contribution in [-0.4, -0.2) is 11.1 Å². The van der Waals surface area contributed by atoms with Crippen LogP contribution in [0.2, 0.25) is 0 Å². The van der Waals surface area contributed by atoms with E-state index in [1.165, 1.54) is 0 Å². The van der Waals surface area contributed by atoms with E-state index in [2.05, 4.69) is 31.9 Å². The summed E-state index contributed by atoms with van der Waals surface area (Å²) in [6, 6.07) is 3.45. The average molecular weight is 309 g/mol. The number of hydrogen-bond acceptors (Lipinski definition) is 2. The molecule has 70 valence electrons. The Hall–Kier alpha value is -0.550. The van der Waals surface area contributed by atoms with Crippen molar-refractivity contribution in [1.29, 1.82) is 0 Å². The number of rotatable bonds is 2. The third kappa shape index (κ3) is 2.70. The third-order valence-electron chi connectivity index (χ3n) is 1.48. The number of carboxylic acids is 1. The Morgan fingerprint density at radius 2 is 2.08 bits per heavy atom. The van der Waals surface area contributed by atoms with E-state index in [1.54, 1.807) is 12.1 Å². The van der Waals surface area contributed by atoms with Crippen LogP contribution in [0, 0.1) is 0 Å². The minimum absolute atomic E-state index is 0.0375. The molecule has 0 aliphatic rings. The molecule has 0 aliphatic carbocycles. The monoisotopic (exact) mass is 307 g/mol. The van der Waals surface area contributed by atoms with Crippen LogP contribution in [0.15, 0.2) is 21.1 Å². The molecule has 3 nitrogen and oxygen atoms in total. The first-order valence-electron chi connectivity index (χ1n) is 3.46. The lowest BCUT2D eigenvalue weighted by atomic mass is 10.1. The lowest BCUT2D eigenvalue weighted by molar-refractivity contribution is -0.136. The van der Waals surface area contributed by atoms with Crippen LogP contribution in [0.25, 0.3) is 0 Å². The molecule has 0 spiro atoms. The molecule has 0 aromatic heterocycles. The molecule has 0 heterocycles. The predicted molar refractivity (Wildman–Crippen MR) is 57.6 cm³/mol. The molecule has 1 aromatic rings. The molecular formula is C8H7Br2NO2. The molecule has 0 amide bonds. The summed E-state index contributed by atoms with van der Waals surface area (Å²) in [5.41, 5.74) is 6.83. The van der Waals surface area contributed by atoms with Crippen molar-refractivity contribution < 1.29 is 9.90 Å². The lowest BCUT2D eigenvalue weighted by Gasteiger charge is -2.05. The molecule has 3 N–H and O–H groups in total. The van der Waals surface area contributed by atoms with Crippen molar-refractivity contribution in [3.8, 4) is 0 Å². The second-order valence-corrected chi connectivity index (χ2v) is 4.25. The Labute approximate surface area is 92.2 Å². The SMILES string of the molecule is Nc1cc(Br)cc(CC(=O)O)c1Br. The van der Waals surface area contributed by atoms with E-state index in [0.717, 1.165) is 4.47 Å². The zero-order valence-electron chi connectivity index (χ0n) is 6.55. The van der Waals surface area contributed by atoms with E-state index in [1.807, 2.05) is 0 Å². The highest BCUT2D eigenvalue weighted by molar-refractivity contribution is 9.11. The Balaban J connectivity index is 3.12. The standard InChI is InChI=1S/C8H7Br2NO2/c9-5-1-4(2-7(12)13)8(10)6(11)3-5/h1,3H,2,11H2,(H,12,13). The maximum Gasteiger partial charge on any atom is 0.307 e. The maximum absolute atomic E-state index is 10.5. The summed E-state index contributed by atoms with van der Waals surface area (Å²) in [5, 5.41) is 8.60. The van der Waals surface area contributed by atoms with Crippen LogP contribution in [0.5, 0.6) is 0 Å². The first kappa shape index (κ1) is 10.5. The number of hydrogen-bond donors (Lipinski definition) is 2. The van der Waals surface area contributed by atoms with Gasteiger partial charge in [0.25, 0.3) is 0 Å². The fourth-order valence-electron chi connectivity index (χ4n) is 0.960. The minimum Gasteiger partial charge on any atom is -0.481 e. The van der Waals surface area contributed by atoms with E-state index in [4.69, 9.17) is 10.8 Å². The highest BCUT2D eigenvalue weighted by Gasteiger charge is 2.08. The smallest absolute Gasteiger partial charge is 0.307 e. The maximum atomic E-state index is 10.5. The Bertz CT molecular complexity index is 352. The zero-order chi connectivity index (χ0) is 10.0. The van der Waals surface area contributed by atoms with Gasteiger partial charge in [0, 0.05) is 14.6 Å². The normalized spacial score (nSPS) is 10.0. The van der Waals surface area contributed by atoms with Crippen LogP contribution in [-0.2, 0) is 11.2 Å². The Kier molecular flexibility index (Phi) is 3.33. The number of carboxylic acid groups (broad SMARTS) is 1. The molecule has 0 aliphatic heterocycles. The summed E-state index contributed by atoms with van der Waals surface area (Å²) in [7, 11) is 0. The van der Waals surface area contributed by atoms with Gasteiger partial charge in [0.05, 0.1) is 6.42 Å². The molecule has 0 saturated heterocycles. The first-order valence-corrected chi connectivity index (χ1v) is 5.04. The number of carbonyl (C=O) groups is 1. The third-order valence-corrected chi connectivity index (χ3v) is 2.91. The molecule has 0 radical (unpaired) electrons. The van der Waals surface area contributed by atoms with Crippen LogP contribution in [0.4, 0.5) is 5.69 Å². The molecular weight excluding hydrogens is 302 g/mol. The van der Waals surface area contributed by atoms with E-state index in [-0.39, 0.29) is 6.42 Å². The summed E-state index contributed by atoms with van der Waals surface area (Å²) in [5.74, 6) is -0.877. The van der Waals surface area contributed by atoms with Gasteiger partial charge in [-0.25, -0.2) is 0 Å². The summed E-state index contributed by atoms with van der Waals surface area (Å²) in [6.07, 6.45) is -0.0375. The molecule has 13 heavy (non-hydrogen) atoms. The van der Waals surface area contributed by atoms with Crippen LogP contribution in [0.3, 0.4) is 0 Å². The zero-order valence-corrected chi connectivity index (χ0v) is 9.72. The number of nitrogen functional groups attached to an aromatic ring is 1. The van der Waals surface area contributed by atoms with Crippen molar-refractivity contribution in [3.05, 3.63) is 26.6 Å². The van der Waals surface area contributed by atoms with Gasteiger partial charge in [-0.2, -0.15) is 0 Å². The summed E-state index contributed by atoms with van der Waals surface area (Å²) >= 11 is 6.48. The fraction of sp³-hybridized carbons (Fsp3) is 0.125. The number of benzene rings is 1. The van der Waals surface area contributed by atoms with Crippen LogP contribution >= 0.6 is 31.9 Å². The van der Waals surface area contributed by atoms with Gasteiger partial charge in [0.2, 0.25) is 0 Å². The van der Waals surface area contributed by atoms with Crippen LogP contribution < -0.4 is 5.73 Å². The van der Waals surface area contributed by atoms with Gasteiger partial charge in [0.1, 0.15) is 0 Å². The highest BCUT2D eigenvalue weighted by atomic mass is 79.9. The number of nitrogens with two attached hydrogens (primary N) is 1. The van der Waals surface area contributed by atoms with Gasteiger partial charge in [-0.1, -0.05) is 15.9 Å². The van der Waals surface area contributed by atoms with Crippen LogP contribution in [0.1, 0.15) is 5.56 Å². The molecule has 0 atom stereocenters. The van der Waals surface area contributed by atoms with Gasteiger partial charge in [0.15, 0.2) is 0 Å². The largest absolute Gasteiger partial charge is 0.481 e. The number of aliphatic carboxylic acids is 1. The van der Waals surface area contributed by atoms with E-state index < -0.39 is 5.97 Å². The number of anilines is 1. The highest BCUT2D eigenvalue weighted by Crippen LogP contribution is 2.28. The topological polar surface area (TPSA) is 63.3 Å². The van der Waals surface area contributed by atoms with Crippen molar-refractivity contribution >= 4 is 43.5 Å². The second kappa shape index (κ2) is 4.11. The lowest BCUT2D eigenvalue weighted by Crippen LogP contribution is -2.02. The van der Waals surface area contributed by atoms with Crippen molar-refractivity contribution in [2.24, 2.45) is 0 Å².